The van der Waals surface area contributed by atoms with Gasteiger partial charge in [0.25, 0.3) is 0 Å². The van der Waals surface area contributed by atoms with Crippen LogP contribution in [0.2, 0.25) is 0 Å². The number of amides is 1. The molecule has 1 aromatic heterocycles. The molecule has 3 aromatic rings. The number of likely N-dealkylation sites (N-methyl/N-ethyl adjacent to an activating group) is 1. The van der Waals surface area contributed by atoms with Crippen LogP contribution in [0.25, 0.3) is 5.69 Å². The summed E-state index contributed by atoms with van der Waals surface area (Å²) >= 11 is 0. The van der Waals surface area contributed by atoms with Gasteiger partial charge in [0.05, 0.1) is 12.1 Å². The number of halogens is 1. The minimum atomic E-state index is -0.271. The minimum absolute atomic E-state index is 0.0537. The number of hydrogen-bond acceptors (Lipinski definition) is 3. The average molecular weight is 380 g/mol. The Kier molecular flexibility index (Phi) is 6.55. The van der Waals surface area contributed by atoms with E-state index in [1.165, 1.54) is 12.1 Å². The van der Waals surface area contributed by atoms with Crippen LogP contribution in [0.1, 0.15) is 11.1 Å². The van der Waals surface area contributed by atoms with Crippen molar-refractivity contribution in [3.8, 4) is 5.69 Å². The maximum Gasteiger partial charge on any atom is 0.227 e. The number of carbonyl (C=O) groups is 1. The highest BCUT2D eigenvalue weighted by molar-refractivity contribution is 5.78. The molecule has 28 heavy (non-hydrogen) atoms. The van der Waals surface area contributed by atoms with Crippen molar-refractivity contribution >= 4 is 5.91 Å². The van der Waals surface area contributed by atoms with E-state index in [4.69, 9.17) is 0 Å². The van der Waals surface area contributed by atoms with Gasteiger partial charge < -0.3 is 9.80 Å². The van der Waals surface area contributed by atoms with E-state index in [9.17, 15) is 9.18 Å². The van der Waals surface area contributed by atoms with Crippen LogP contribution in [0.15, 0.2) is 67.0 Å². The van der Waals surface area contributed by atoms with Gasteiger partial charge >= 0.3 is 0 Å². The summed E-state index contributed by atoms with van der Waals surface area (Å²) in [6.07, 6.45) is 3.94. The van der Waals surface area contributed by atoms with E-state index in [-0.39, 0.29) is 11.7 Å². The number of aromatic nitrogens is 2. The van der Waals surface area contributed by atoms with Crippen molar-refractivity contribution in [2.24, 2.45) is 0 Å². The van der Waals surface area contributed by atoms with Crippen LogP contribution in [-0.4, -0.2) is 52.7 Å². The first kappa shape index (κ1) is 19.8. The predicted molar refractivity (Wildman–Crippen MR) is 108 cm³/mol. The van der Waals surface area contributed by atoms with E-state index in [0.717, 1.165) is 23.4 Å². The van der Waals surface area contributed by atoms with Crippen molar-refractivity contribution < 1.29 is 9.18 Å². The Morgan fingerprint density at radius 1 is 1.00 bits per heavy atom. The third kappa shape index (κ3) is 5.50. The first-order valence-corrected chi connectivity index (χ1v) is 9.27. The molecule has 0 saturated heterocycles. The van der Waals surface area contributed by atoms with Crippen LogP contribution in [0, 0.1) is 5.82 Å². The zero-order valence-electron chi connectivity index (χ0n) is 16.3. The molecule has 0 fully saturated rings. The van der Waals surface area contributed by atoms with Crippen LogP contribution in [0.4, 0.5) is 4.39 Å². The quantitative estimate of drug-likeness (QED) is 0.603. The van der Waals surface area contributed by atoms with Gasteiger partial charge in [0.1, 0.15) is 5.82 Å². The second kappa shape index (κ2) is 9.28. The Morgan fingerprint density at radius 3 is 2.29 bits per heavy atom. The van der Waals surface area contributed by atoms with Crippen LogP contribution in [-0.2, 0) is 17.8 Å². The van der Waals surface area contributed by atoms with Crippen molar-refractivity contribution in [3.05, 3.63) is 83.9 Å². The van der Waals surface area contributed by atoms with Gasteiger partial charge in [-0.2, -0.15) is 5.10 Å². The third-order valence-electron chi connectivity index (χ3n) is 4.52. The van der Waals surface area contributed by atoms with Crippen molar-refractivity contribution in [1.29, 1.82) is 0 Å². The van der Waals surface area contributed by atoms with Crippen LogP contribution >= 0.6 is 0 Å². The molecule has 0 unspecified atom stereocenters. The van der Waals surface area contributed by atoms with Gasteiger partial charge in [0, 0.05) is 32.0 Å². The highest BCUT2D eigenvalue weighted by atomic mass is 19.1. The van der Waals surface area contributed by atoms with Crippen LogP contribution < -0.4 is 0 Å². The number of nitrogens with zero attached hydrogens (tertiary/aromatic N) is 4. The highest BCUT2D eigenvalue weighted by Crippen LogP contribution is 2.12. The summed E-state index contributed by atoms with van der Waals surface area (Å²) in [6.45, 7) is 1.86. The molecule has 2 aromatic carbocycles. The fraction of sp³-hybridized carbons (Fsp3) is 0.273. The van der Waals surface area contributed by atoms with E-state index in [1.807, 2.05) is 60.4 Å². The summed E-state index contributed by atoms with van der Waals surface area (Å²) in [5.41, 5.74) is 2.83. The average Bonchev–Trinajstić information content (AvgIpc) is 3.22. The molecule has 0 spiro atoms. The van der Waals surface area contributed by atoms with Crippen molar-refractivity contribution in [1.82, 2.24) is 19.6 Å². The normalized spacial score (nSPS) is 11.0. The topological polar surface area (TPSA) is 41.4 Å². The van der Waals surface area contributed by atoms with Gasteiger partial charge in [-0.1, -0.05) is 24.3 Å². The largest absolute Gasteiger partial charge is 0.337 e. The summed E-state index contributed by atoms with van der Waals surface area (Å²) in [4.78, 5) is 16.8. The number of carbonyl (C=O) groups excluding carboxylic acids is 1. The molecule has 0 aliphatic heterocycles. The smallest absolute Gasteiger partial charge is 0.227 e. The Balaban J connectivity index is 1.68. The Bertz CT molecular complexity index is 874. The van der Waals surface area contributed by atoms with E-state index in [0.29, 0.717) is 19.5 Å². The molecule has 1 amide bonds. The first-order chi connectivity index (χ1) is 13.5. The molecule has 0 N–H and O–H groups in total. The Morgan fingerprint density at radius 2 is 1.68 bits per heavy atom. The SMILES string of the molecule is CN(C)CCN(Cc1ccc(F)cc1)C(=O)Cc1ccc(-n2cccn2)cc1. The molecule has 0 aliphatic rings. The summed E-state index contributed by atoms with van der Waals surface area (Å²) in [5.74, 6) is -0.217. The zero-order chi connectivity index (χ0) is 19.9. The molecule has 0 aliphatic carbocycles. The second-order valence-corrected chi connectivity index (χ2v) is 7.04. The molecule has 146 valence electrons. The summed E-state index contributed by atoms with van der Waals surface area (Å²) < 4.78 is 14.9. The Hall–Kier alpha value is -2.99. The Labute approximate surface area is 165 Å². The lowest BCUT2D eigenvalue weighted by Gasteiger charge is -2.25. The van der Waals surface area contributed by atoms with Gasteiger partial charge in [-0.05, 0) is 55.6 Å². The number of benzene rings is 2. The van der Waals surface area contributed by atoms with Gasteiger partial charge in [0.15, 0.2) is 0 Å². The lowest BCUT2D eigenvalue weighted by molar-refractivity contribution is -0.131. The predicted octanol–water partition coefficient (Wildman–Crippen LogP) is 3.14. The van der Waals surface area contributed by atoms with Crippen molar-refractivity contribution in [2.75, 3.05) is 27.2 Å². The van der Waals surface area contributed by atoms with E-state index in [1.54, 1.807) is 23.0 Å². The third-order valence-corrected chi connectivity index (χ3v) is 4.52. The molecular formula is C22H25FN4O. The maximum absolute atomic E-state index is 13.2. The molecule has 0 radical (unpaired) electrons. The van der Waals surface area contributed by atoms with Crippen LogP contribution in [0.3, 0.4) is 0 Å². The fourth-order valence-electron chi connectivity index (χ4n) is 2.90. The summed E-state index contributed by atoms with van der Waals surface area (Å²) in [6, 6.07) is 16.0. The molecule has 5 nitrogen and oxygen atoms in total. The molecule has 0 atom stereocenters. The monoisotopic (exact) mass is 380 g/mol. The van der Waals surface area contributed by atoms with Gasteiger partial charge in [-0.25, -0.2) is 9.07 Å². The number of hydrogen-bond donors (Lipinski definition) is 0. The zero-order valence-corrected chi connectivity index (χ0v) is 16.3. The minimum Gasteiger partial charge on any atom is -0.337 e. The van der Waals surface area contributed by atoms with E-state index in [2.05, 4.69) is 5.10 Å². The fourth-order valence-corrected chi connectivity index (χ4v) is 2.90. The van der Waals surface area contributed by atoms with Crippen LogP contribution in [0.5, 0.6) is 0 Å². The first-order valence-electron chi connectivity index (χ1n) is 9.27. The van der Waals surface area contributed by atoms with Gasteiger partial charge in [0.2, 0.25) is 5.91 Å². The van der Waals surface area contributed by atoms with Gasteiger partial charge in [-0.15, -0.1) is 0 Å². The van der Waals surface area contributed by atoms with Crippen molar-refractivity contribution in [2.45, 2.75) is 13.0 Å². The summed E-state index contributed by atoms with van der Waals surface area (Å²) in [5, 5.41) is 4.21. The van der Waals surface area contributed by atoms with Crippen molar-refractivity contribution in [3.63, 3.8) is 0 Å². The molecule has 6 heteroatoms. The highest BCUT2D eigenvalue weighted by Gasteiger charge is 2.15. The molecule has 3 rings (SSSR count). The maximum atomic E-state index is 13.2. The van der Waals surface area contributed by atoms with Gasteiger partial charge in [-0.3, -0.25) is 4.79 Å². The lowest BCUT2D eigenvalue weighted by atomic mass is 10.1. The lowest BCUT2D eigenvalue weighted by Crippen LogP contribution is -2.37. The summed E-state index contributed by atoms with van der Waals surface area (Å²) in [7, 11) is 3.96. The molecule has 0 saturated carbocycles. The standard InChI is InChI=1S/C22H25FN4O/c1-25(2)14-15-26(17-19-4-8-20(23)9-5-19)22(28)16-18-6-10-21(11-7-18)27-13-3-12-24-27/h3-13H,14-17H2,1-2H3. The van der Waals surface area contributed by atoms with E-state index < -0.39 is 0 Å². The second-order valence-electron chi connectivity index (χ2n) is 7.04. The molecular weight excluding hydrogens is 355 g/mol. The van der Waals surface area contributed by atoms with E-state index >= 15 is 0 Å². The number of rotatable bonds is 8. The molecule has 1 heterocycles. The molecule has 0 bridgehead atoms.